The lowest BCUT2D eigenvalue weighted by Crippen LogP contribution is -2.13. The minimum absolute atomic E-state index is 0.0211. The molecule has 0 radical (unpaired) electrons. The van der Waals surface area contributed by atoms with Crippen LogP contribution >= 0.6 is 11.6 Å². The fraction of sp³-hybridized carbons (Fsp3) is 0.429. The van der Waals surface area contributed by atoms with Crippen molar-refractivity contribution in [2.45, 2.75) is 19.3 Å². The molecule has 0 saturated carbocycles. The Morgan fingerprint density at radius 1 is 1.45 bits per heavy atom. The second-order valence-electron chi connectivity index (χ2n) is 4.82. The summed E-state index contributed by atoms with van der Waals surface area (Å²) in [6, 6.07) is 4.36. The third-order valence-electron chi connectivity index (χ3n) is 3.29. The van der Waals surface area contributed by atoms with Gasteiger partial charge in [0.15, 0.2) is 0 Å². The number of amides is 1. The van der Waals surface area contributed by atoms with E-state index in [9.17, 15) is 9.59 Å². The molecule has 0 spiro atoms. The van der Waals surface area contributed by atoms with Gasteiger partial charge in [-0.3, -0.25) is 4.79 Å². The molecule has 2 rings (SSSR count). The SMILES string of the molecule is O=C(CCC1CCOC1)Nc1ccc(C(=O)O)c(Cl)c1. The van der Waals surface area contributed by atoms with Gasteiger partial charge in [-0.1, -0.05) is 11.6 Å². The number of benzene rings is 1. The Morgan fingerprint density at radius 2 is 2.25 bits per heavy atom. The van der Waals surface area contributed by atoms with Crippen LogP contribution in [0.4, 0.5) is 5.69 Å². The van der Waals surface area contributed by atoms with Crippen molar-refractivity contribution >= 4 is 29.2 Å². The normalized spacial score (nSPS) is 17.9. The molecular formula is C14H16ClNO4. The van der Waals surface area contributed by atoms with Gasteiger partial charge in [-0.2, -0.15) is 0 Å². The number of aromatic carboxylic acids is 1. The first kappa shape index (κ1) is 14.8. The smallest absolute Gasteiger partial charge is 0.337 e. The summed E-state index contributed by atoms with van der Waals surface area (Å²) >= 11 is 5.84. The minimum atomic E-state index is -1.09. The summed E-state index contributed by atoms with van der Waals surface area (Å²) < 4.78 is 5.25. The van der Waals surface area contributed by atoms with Gasteiger partial charge in [0.2, 0.25) is 5.91 Å². The van der Waals surface area contributed by atoms with E-state index in [1.165, 1.54) is 18.2 Å². The highest BCUT2D eigenvalue weighted by molar-refractivity contribution is 6.33. The van der Waals surface area contributed by atoms with Gasteiger partial charge >= 0.3 is 5.97 Å². The molecule has 108 valence electrons. The van der Waals surface area contributed by atoms with Crippen LogP contribution in [0, 0.1) is 5.92 Å². The van der Waals surface area contributed by atoms with Crippen molar-refractivity contribution in [3.8, 4) is 0 Å². The first-order chi connectivity index (χ1) is 9.56. The van der Waals surface area contributed by atoms with Gasteiger partial charge in [0.05, 0.1) is 10.6 Å². The van der Waals surface area contributed by atoms with Crippen molar-refractivity contribution in [3.05, 3.63) is 28.8 Å². The van der Waals surface area contributed by atoms with Crippen molar-refractivity contribution in [3.63, 3.8) is 0 Å². The van der Waals surface area contributed by atoms with Gasteiger partial charge < -0.3 is 15.2 Å². The standard InChI is InChI=1S/C14H16ClNO4/c15-12-7-10(2-3-11(12)14(18)19)16-13(17)4-1-9-5-6-20-8-9/h2-3,7,9H,1,4-6,8H2,(H,16,17)(H,18,19). The first-order valence-corrected chi connectivity index (χ1v) is 6.84. The summed E-state index contributed by atoms with van der Waals surface area (Å²) in [6.45, 7) is 1.50. The molecule has 1 amide bonds. The summed E-state index contributed by atoms with van der Waals surface area (Å²) in [5, 5.41) is 11.7. The highest BCUT2D eigenvalue weighted by atomic mass is 35.5. The highest BCUT2D eigenvalue weighted by Gasteiger charge is 2.17. The van der Waals surface area contributed by atoms with Crippen LogP contribution in [-0.2, 0) is 9.53 Å². The van der Waals surface area contributed by atoms with E-state index in [0.29, 0.717) is 18.0 Å². The molecule has 1 aromatic rings. The molecule has 6 heteroatoms. The lowest BCUT2D eigenvalue weighted by Gasteiger charge is -2.09. The van der Waals surface area contributed by atoms with Gasteiger partial charge in [-0.05, 0) is 37.0 Å². The van der Waals surface area contributed by atoms with E-state index in [4.69, 9.17) is 21.4 Å². The van der Waals surface area contributed by atoms with Crippen molar-refractivity contribution in [1.29, 1.82) is 0 Å². The number of hydrogen-bond donors (Lipinski definition) is 2. The summed E-state index contributed by atoms with van der Waals surface area (Å²) in [5.41, 5.74) is 0.528. The van der Waals surface area contributed by atoms with E-state index in [2.05, 4.69) is 5.32 Å². The topological polar surface area (TPSA) is 75.6 Å². The molecule has 1 aromatic carbocycles. The zero-order valence-electron chi connectivity index (χ0n) is 10.9. The Morgan fingerprint density at radius 3 is 2.85 bits per heavy atom. The van der Waals surface area contributed by atoms with E-state index >= 15 is 0 Å². The number of carbonyl (C=O) groups excluding carboxylic acids is 1. The highest BCUT2D eigenvalue weighted by Crippen LogP contribution is 2.22. The van der Waals surface area contributed by atoms with Crippen LogP contribution in [0.2, 0.25) is 5.02 Å². The molecule has 1 atom stereocenters. The molecular weight excluding hydrogens is 282 g/mol. The number of nitrogens with one attached hydrogen (secondary N) is 1. The Balaban J connectivity index is 1.87. The molecule has 1 aliphatic heterocycles. The average Bonchev–Trinajstić information content (AvgIpc) is 2.89. The monoisotopic (exact) mass is 297 g/mol. The maximum atomic E-state index is 11.8. The third kappa shape index (κ3) is 3.95. The Hall–Kier alpha value is -1.59. The fourth-order valence-corrected chi connectivity index (χ4v) is 2.40. The quantitative estimate of drug-likeness (QED) is 0.876. The van der Waals surface area contributed by atoms with Gasteiger partial charge in [0.25, 0.3) is 0 Å². The molecule has 1 fully saturated rings. The third-order valence-corrected chi connectivity index (χ3v) is 3.60. The summed E-state index contributed by atoms with van der Waals surface area (Å²) in [5.74, 6) is -0.733. The lowest BCUT2D eigenvalue weighted by atomic mass is 10.0. The fourth-order valence-electron chi connectivity index (χ4n) is 2.14. The number of rotatable bonds is 5. The molecule has 1 saturated heterocycles. The van der Waals surface area contributed by atoms with Crippen LogP contribution in [0.15, 0.2) is 18.2 Å². The number of halogens is 1. The molecule has 0 aromatic heterocycles. The summed E-state index contributed by atoms with van der Waals surface area (Å²) in [6.07, 6.45) is 2.23. The minimum Gasteiger partial charge on any atom is -0.478 e. The van der Waals surface area contributed by atoms with Crippen LogP contribution in [0.3, 0.4) is 0 Å². The van der Waals surface area contributed by atoms with Crippen molar-refractivity contribution in [2.75, 3.05) is 18.5 Å². The summed E-state index contributed by atoms with van der Waals surface area (Å²) in [7, 11) is 0. The maximum absolute atomic E-state index is 11.8. The number of carboxylic acids is 1. The van der Waals surface area contributed by atoms with E-state index in [1.807, 2.05) is 0 Å². The maximum Gasteiger partial charge on any atom is 0.337 e. The zero-order valence-corrected chi connectivity index (χ0v) is 11.7. The molecule has 0 bridgehead atoms. The predicted octanol–water partition coefficient (Wildman–Crippen LogP) is 2.79. The molecule has 5 nitrogen and oxygen atoms in total. The Bertz CT molecular complexity index is 512. The van der Waals surface area contributed by atoms with Gasteiger partial charge in [-0.15, -0.1) is 0 Å². The lowest BCUT2D eigenvalue weighted by molar-refractivity contribution is -0.116. The van der Waals surface area contributed by atoms with E-state index < -0.39 is 5.97 Å². The van der Waals surface area contributed by atoms with Crippen molar-refractivity contribution in [1.82, 2.24) is 0 Å². The van der Waals surface area contributed by atoms with E-state index in [0.717, 1.165) is 26.1 Å². The zero-order chi connectivity index (χ0) is 14.5. The van der Waals surface area contributed by atoms with E-state index in [-0.39, 0.29) is 16.5 Å². The molecule has 1 heterocycles. The van der Waals surface area contributed by atoms with Gasteiger partial charge in [0, 0.05) is 25.3 Å². The number of anilines is 1. The molecule has 2 N–H and O–H groups in total. The number of hydrogen-bond acceptors (Lipinski definition) is 3. The van der Waals surface area contributed by atoms with Crippen LogP contribution in [-0.4, -0.2) is 30.2 Å². The predicted molar refractivity (Wildman–Crippen MR) is 75.2 cm³/mol. The Kier molecular flexibility index (Phi) is 4.98. The number of carbonyl (C=O) groups is 2. The molecule has 1 aliphatic rings. The summed E-state index contributed by atoms with van der Waals surface area (Å²) in [4.78, 5) is 22.6. The first-order valence-electron chi connectivity index (χ1n) is 6.46. The molecule has 1 unspecified atom stereocenters. The van der Waals surface area contributed by atoms with Crippen LogP contribution in [0.1, 0.15) is 29.6 Å². The number of carboxylic acid groups (broad SMARTS) is 1. The van der Waals surface area contributed by atoms with E-state index in [1.54, 1.807) is 0 Å². The van der Waals surface area contributed by atoms with Crippen LogP contribution < -0.4 is 5.32 Å². The average molecular weight is 298 g/mol. The molecule has 0 aliphatic carbocycles. The Labute approximate surface area is 121 Å². The van der Waals surface area contributed by atoms with Crippen molar-refractivity contribution in [2.24, 2.45) is 5.92 Å². The largest absolute Gasteiger partial charge is 0.478 e. The second kappa shape index (κ2) is 6.72. The van der Waals surface area contributed by atoms with Gasteiger partial charge in [0.1, 0.15) is 0 Å². The van der Waals surface area contributed by atoms with Crippen LogP contribution in [0.25, 0.3) is 0 Å². The van der Waals surface area contributed by atoms with Gasteiger partial charge in [-0.25, -0.2) is 4.79 Å². The molecule has 20 heavy (non-hydrogen) atoms. The second-order valence-corrected chi connectivity index (χ2v) is 5.22. The number of ether oxygens (including phenoxy) is 1. The van der Waals surface area contributed by atoms with Crippen molar-refractivity contribution < 1.29 is 19.4 Å². The van der Waals surface area contributed by atoms with Crippen LogP contribution in [0.5, 0.6) is 0 Å².